The van der Waals surface area contributed by atoms with Gasteiger partial charge in [-0.1, -0.05) is 6.07 Å². The predicted octanol–water partition coefficient (Wildman–Crippen LogP) is 2.69. The third kappa shape index (κ3) is 4.07. The molecule has 1 aliphatic heterocycles. The minimum Gasteiger partial charge on any atom is -0.367 e. The van der Waals surface area contributed by atoms with E-state index in [0.717, 1.165) is 18.1 Å². The van der Waals surface area contributed by atoms with Crippen LogP contribution in [0.1, 0.15) is 18.4 Å². The van der Waals surface area contributed by atoms with Gasteiger partial charge >= 0.3 is 0 Å². The first kappa shape index (κ1) is 16.4. The SMILES string of the molecule is O=C(CCc1cccnc1)NC1CCN(c2ccc(F)cc2F)C1. The molecule has 1 amide bonds. The fourth-order valence-corrected chi connectivity index (χ4v) is 2.94. The molecule has 3 rings (SSSR count). The molecule has 2 aromatic rings. The van der Waals surface area contributed by atoms with Crippen LogP contribution >= 0.6 is 0 Å². The number of benzene rings is 1. The van der Waals surface area contributed by atoms with Gasteiger partial charge in [0.15, 0.2) is 0 Å². The molecule has 1 saturated heterocycles. The second kappa shape index (κ2) is 7.38. The average molecular weight is 331 g/mol. The van der Waals surface area contributed by atoms with Crippen LogP contribution < -0.4 is 10.2 Å². The van der Waals surface area contributed by atoms with Gasteiger partial charge in [0.25, 0.3) is 0 Å². The highest BCUT2D eigenvalue weighted by Gasteiger charge is 2.25. The summed E-state index contributed by atoms with van der Waals surface area (Å²) < 4.78 is 26.8. The van der Waals surface area contributed by atoms with E-state index in [1.165, 1.54) is 12.1 Å². The Kier molecular flexibility index (Phi) is 5.03. The summed E-state index contributed by atoms with van der Waals surface area (Å²) in [5, 5.41) is 2.98. The van der Waals surface area contributed by atoms with E-state index in [2.05, 4.69) is 10.3 Å². The summed E-state index contributed by atoms with van der Waals surface area (Å²) in [5.41, 5.74) is 1.40. The van der Waals surface area contributed by atoms with Crippen LogP contribution in [0.3, 0.4) is 0 Å². The van der Waals surface area contributed by atoms with Crippen molar-refractivity contribution < 1.29 is 13.6 Å². The molecule has 24 heavy (non-hydrogen) atoms. The summed E-state index contributed by atoms with van der Waals surface area (Å²) >= 11 is 0. The molecule has 1 fully saturated rings. The average Bonchev–Trinajstić information content (AvgIpc) is 3.02. The summed E-state index contributed by atoms with van der Waals surface area (Å²) in [6.07, 6.45) is 5.23. The second-order valence-electron chi connectivity index (χ2n) is 5.96. The maximum absolute atomic E-state index is 13.8. The molecule has 1 N–H and O–H groups in total. The number of aryl methyl sites for hydroxylation is 1. The van der Waals surface area contributed by atoms with E-state index in [-0.39, 0.29) is 11.9 Å². The van der Waals surface area contributed by atoms with Gasteiger partial charge in [0.05, 0.1) is 5.69 Å². The van der Waals surface area contributed by atoms with Crippen molar-refractivity contribution in [3.05, 3.63) is 59.9 Å². The number of pyridine rings is 1. The lowest BCUT2D eigenvalue weighted by Gasteiger charge is -2.19. The lowest BCUT2D eigenvalue weighted by atomic mass is 10.1. The van der Waals surface area contributed by atoms with Crippen molar-refractivity contribution in [1.29, 1.82) is 0 Å². The van der Waals surface area contributed by atoms with Crippen LogP contribution in [0, 0.1) is 11.6 Å². The third-order valence-electron chi connectivity index (χ3n) is 4.17. The molecule has 4 nitrogen and oxygen atoms in total. The van der Waals surface area contributed by atoms with Gasteiger partial charge < -0.3 is 10.2 Å². The smallest absolute Gasteiger partial charge is 0.220 e. The zero-order chi connectivity index (χ0) is 16.9. The molecule has 1 aliphatic rings. The highest BCUT2D eigenvalue weighted by Crippen LogP contribution is 2.24. The first-order chi connectivity index (χ1) is 11.6. The monoisotopic (exact) mass is 331 g/mol. The number of anilines is 1. The number of aromatic nitrogens is 1. The first-order valence-electron chi connectivity index (χ1n) is 8.00. The lowest BCUT2D eigenvalue weighted by Crippen LogP contribution is -2.37. The summed E-state index contributed by atoms with van der Waals surface area (Å²) in [5.74, 6) is -1.18. The number of nitrogens with zero attached hydrogens (tertiary/aromatic N) is 2. The highest BCUT2D eigenvalue weighted by molar-refractivity contribution is 5.76. The van der Waals surface area contributed by atoms with Crippen LogP contribution in [0.25, 0.3) is 0 Å². The summed E-state index contributed by atoms with van der Waals surface area (Å²) in [6.45, 7) is 1.16. The molecule has 126 valence electrons. The van der Waals surface area contributed by atoms with Gasteiger partial charge in [-0.25, -0.2) is 8.78 Å². The van der Waals surface area contributed by atoms with Gasteiger partial charge in [-0.05, 0) is 36.6 Å². The van der Waals surface area contributed by atoms with Gasteiger partial charge in [-0.15, -0.1) is 0 Å². The van der Waals surface area contributed by atoms with Crippen LogP contribution in [0.4, 0.5) is 14.5 Å². The van der Waals surface area contributed by atoms with Crippen molar-refractivity contribution in [3.8, 4) is 0 Å². The largest absolute Gasteiger partial charge is 0.367 e. The molecule has 0 saturated carbocycles. The molecule has 1 aromatic heterocycles. The Morgan fingerprint density at radius 1 is 1.33 bits per heavy atom. The molecule has 0 spiro atoms. The first-order valence-corrected chi connectivity index (χ1v) is 8.00. The zero-order valence-electron chi connectivity index (χ0n) is 13.2. The van der Waals surface area contributed by atoms with Gasteiger partial charge in [0.1, 0.15) is 11.6 Å². The summed E-state index contributed by atoms with van der Waals surface area (Å²) in [6, 6.07) is 7.34. The van der Waals surface area contributed by atoms with Crippen molar-refractivity contribution in [2.24, 2.45) is 0 Å². The Balaban J connectivity index is 1.49. The van der Waals surface area contributed by atoms with Crippen molar-refractivity contribution in [2.45, 2.75) is 25.3 Å². The maximum atomic E-state index is 13.8. The van der Waals surface area contributed by atoms with Crippen LogP contribution in [0.15, 0.2) is 42.7 Å². The summed E-state index contributed by atoms with van der Waals surface area (Å²) in [4.78, 5) is 17.9. The van der Waals surface area contributed by atoms with Crippen molar-refractivity contribution in [2.75, 3.05) is 18.0 Å². The Bertz CT molecular complexity index is 709. The van der Waals surface area contributed by atoms with E-state index in [1.54, 1.807) is 12.4 Å². The topological polar surface area (TPSA) is 45.2 Å². The highest BCUT2D eigenvalue weighted by atomic mass is 19.1. The molecule has 1 aromatic carbocycles. The molecule has 1 unspecified atom stereocenters. The quantitative estimate of drug-likeness (QED) is 0.916. The van der Waals surface area contributed by atoms with Crippen molar-refractivity contribution in [3.63, 3.8) is 0 Å². The number of hydrogen-bond donors (Lipinski definition) is 1. The van der Waals surface area contributed by atoms with Gasteiger partial charge in [-0.2, -0.15) is 0 Å². The lowest BCUT2D eigenvalue weighted by molar-refractivity contribution is -0.121. The minimum atomic E-state index is -0.587. The number of amides is 1. The zero-order valence-corrected chi connectivity index (χ0v) is 13.2. The third-order valence-corrected chi connectivity index (χ3v) is 4.17. The second-order valence-corrected chi connectivity index (χ2v) is 5.96. The Morgan fingerprint density at radius 3 is 2.96 bits per heavy atom. The van der Waals surface area contributed by atoms with Gasteiger partial charge in [0.2, 0.25) is 5.91 Å². The fourth-order valence-electron chi connectivity index (χ4n) is 2.94. The predicted molar refractivity (Wildman–Crippen MR) is 87.7 cm³/mol. The Hall–Kier alpha value is -2.50. The van der Waals surface area contributed by atoms with E-state index in [4.69, 9.17) is 0 Å². The number of carbonyl (C=O) groups is 1. The molecule has 6 heteroatoms. The van der Waals surface area contributed by atoms with Crippen LogP contribution in [0.2, 0.25) is 0 Å². The van der Waals surface area contributed by atoms with E-state index in [1.807, 2.05) is 17.0 Å². The van der Waals surface area contributed by atoms with E-state index in [0.29, 0.717) is 31.6 Å². The number of nitrogens with one attached hydrogen (secondary N) is 1. The molecular formula is C18H19F2N3O. The van der Waals surface area contributed by atoms with Crippen LogP contribution in [0.5, 0.6) is 0 Å². The van der Waals surface area contributed by atoms with E-state index in [9.17, 15) is 13.6 Å². The van der Waals surface area contributed by atoms with Crippen LogP contribution in [-0.4, -0.2) is 30.0 Å². The normalized spacial score (nSPS) is 17.1. The Morgan fingerprint density at radius 2 is 2.21 bits per heavy atom. The van der Waals surface area contributed by atoms with E-state index >= 15 is 0 Å². The van der Waals surface area contributed by atoms with Crippen LogP contribution in [-0.2, 0) is 11.2 Å². The van der Waals surface area contributed by atoms with E-state index < -0.39 is 11.6 Å². The molecule has 0 aliphatic carbocycles. The number of rotatable bonds is 5. The number of halogens is 2. The standard InChI is InChI=1S/C18H19F2N3O/c19-14-4-5-17(16(20)10-14)23-9-7-15(12-23)22-18(24)6-3-13-2-1-8-21-11-13/h1-2,4-5,8,10-11,15H,3,6-7,9,12H2,(H,22,24). The Labute approximate surface area is 139 Å². The number of hydrogen-bond acceptors (Lipinski definition) is 3. The minimum absolute atomic E-state index is 0.0177. The summed E-state index contributed by atoms with van der Waals surface area (Å²) in [7, 11) is 0. The molecular weight excluding hydrogens is 312 g/mol. The molecule has 2 heterocycles. The molecule has 1 atom stereocenters. The number of carbonyl (C=O) groups excluding carboxylic acids is 1. The fraction of sp³-hybridized carbons (Fsp3) is 0.333. The van der Waals surface area contributed by atoms with Gasteiger partial charge in [-0.3, -0.25) is 9.78 Å². The maximum Gasteiger partial charge on any atom is 0.220 e. The van der Waals surface area contributed by atoms with Gasteiger partial charge in [0, 0.05) is 44.0 Å². The molecule has 0 bridgehead atoms. The van der Waals surface area contributed by atoms with Crippen molar-refractivity contribution in [1.82, 2.24) is 10.3 Å². The molecule has 0 radical (unpaired) electrons. The van der Waals surface area contributed by atoms with Crippen molar-refractivity contribution >= 4 is 11.6 Å².